The molecule has 4 nitrogen and oxygen atoms in total. The Bertz CT molecular complexity index is 1170. The average Bonchev–Trinajstić information content (AvgIpc) is 3.24. The molecule has 5 heteroatoms. The molecular weight excluding hydrogens is 404 g/mol. The fourth-order valence-corrected chi connectivity index (χ4v) is 4.42. The number of nitrogens with zero attached hydrogens (tertiary/aromatic N) is 2. The molecule has 0 aliphatic heterocycles. The molecule has 0 aliphatic carbocycles. The molecule has 0 saturated heterocycles. The summed E-state index contributed by atoms with van der Waals surface area (Å²) in [7, 11) is 0. The maximum atomic E-state index is 9.83. The molecule has 158 valence electrons. The van der Waals surface area contributed by atoms with Gasteiger partial charge in [0.25, 0.3) is 0 Å². The van der Waals surface area contributed by atoms with Crippen LogP contribution in [-0.2, 0) is 6.42 Å². The number of ether oxygens (including phenoxy) is 1. The highest BCUT2D eigenvalue weighted by atomic mass is 32.1. The van der Waals surface area contributed by atoms with Crippen molar-refractivity contribution in [1.29, 1.82) is 0 Å². The number of aliphatic hydroxyl groups excluding tert-OH is 1. The number of aromatic nitrogens is 2. The Morgan fingerprint density at radius 3 is 2.55 bits per heavy atom. The third-order valence-corrected chi connectivity index (χ3v) is 6.02. The van der Waals surface area contributed by atoms with Crippen LogP contribution in [0.5, 0.6) is 5.75 Å². The van der Waals surface area contributed by atoms with Crippen LogP contribution >= 0.6 is 11.3 Å². The first-order valence-electron chi connectivity index (χ1n) is 10.4. The second-order valence-corrected chi connectivity index (χ2v) is 8.87. The van der Waals surface area contributed by atoms with E-state index in [1.54, 1.807) is 18.3 Å². The minimum absolute atomic E-state index is 0.123. The van der Waals surface area contributed by atoms with Crippen LogP contribution in [0.1, 0.15) is 43.8 Å². The Kier molecular flexibility index (Phi) is 6.44. The van der Waals surface area contributed by atoms with E-state index in [9.17, 15) is 5.11 Å². The van der Waals surface area contributed by atoms with Gasteiger partial charge in [0.05, 0.1) is 22.8 Å². The quantitative estimate of drug-likeness (QED) is 0.374. The van der Waals surface area contributed by atoms with Gasteiger partial charge in [0, 0.05) is 23.1 Å². The SMILES string of the molecule is CC(C)Oc1ccccc1-c1ccc(-c2ccnc(Cc3cccc(C(C)O)c3)n2)s1. The number of hydrogen-bond donors (Lipinski definition) is 1. The molecule has 0 fully saturated rings. The second-order valence-electron chi connectivity index (χ2n) is 7.78. The Morgan fingerprint density at radius 2 is 1.74 bits per heavy atom. The molecule has 4 aromatic rings. The number of para-hydroxylation sites is 1. The minimum Gasteiger partial charge on any atom is -0.490 e. The molecule has 0 aliphatic rings. The summed E-state index contributed by atoms with van der Waals surface area (Å²) in [6.45, 7) is 5.85. The zero-order chi connectivity index (χ0) is 21.8. The van der Waals surface area contributed by atoms with Crippen LogP contribution in [0.15, 0.2) is 72.9 Å². The fourth-order valence-electron chi connectivity index (χ4n) is 3.41. The van der Waals surface area contributed by atoms with Crippen LogP contribution in [0.3, 0.4) is 0 Å². The lowest BCUT2D eigenvalue weighted by molar-refractivity contribution is 0.199. The minimum atomic E-state index is -0.487. The fraction of sp³-hybridized carbons (Fsp3) is 0.231. The Hall–Kier alpha value is -3.02. The van der Waals surface area contributed by atoms with Crippen molar-refractivity contribution in [3.05, 3.63) is 89.9 Å². The normalized spacial score (nSPS) is 12.2. The summed E-state index contributed by atoms with van der Waals surface area (Å²) < 4.78 is 5.99. The lowest BCUT2D eigenvalue weighted by Crippen LogP contribution is -2.06. The predicted molar refractivity (Wildman–Crippen MR) is 126 cm³/mol. The molecule has 0 spiro atoms. The maximum Gasteiger partial charge on any atom is 0.133 e. The molecule has 2 aromatic carbocycles. The van der Waals surface area contributed by atoms with E-state index in [0.717, 1.165) is 43.7 Å². The summed E-state index contributed by atoms with van der Waals surface area (Å²) in [5.41, 5.74) is 3.99. The van der Waals surface area contributed by atoms with Crippen molar-refractivity contribution >= 4 is 11.3 Å². The molecule has 0 bridgehead atoms. The van der Waals surface area contributed by atoms with Crippen molar-refractivity contribution < 1.29 is 9.84 Å². The average molecular weight is 431 g/mol. The number of rotatable bonds is 7. The molecule has 1 unspecified atom stereocenters. The van der Waals surface area contributed by atoms with Crippen LogP contribution < -0.4 is 4.74 Å². The monoisotopic (exact) mass is 430 g/mol. The van der Waals surface area contributed by atoms with Crippen LogP contribution in [0.25, 0.3) is 21.0 Å². The van der Waals surface area contributed by atoms with Crippen molar-refractivity contribution in [2.24, 2.45) is 0 Å². The summed E-state index contributed by atoms with van der Waals surface area (Å²) in [4.78, 5) is 11.5. The van der Waals surface area contributed by atoms with Crippen molar-refractivity contribution in [2.45, 2.75) is 39.4 Å². The molecule has 0 saturated carbocycles. The van der Waals surface area contributed by atoms with Gasteiger partial charge < -0.3 is 9.84 Å². The third kappa shape index (κ3) is 5.19. The highest BCUT2D eigenvalue weighted by Gasteiger charge is 2.12. The zero-order valence-electron chi connectivity index (χ0n) is 17.9. The highest BCUT2D eigenvalue weighted by molar-refractivity contribution is 7.18. The summed E-state index contributed by atoms with van der Waals surface area (Å²) in [5, 5.41) is 9.83. The van der Waals surface area contributed by atoms with E-state index in [1.165, 1.54) is 0 Å². The molecule has 0 amide bonds. The van der Waals surface area contributed by atoms with Crippen molar-refractivity contribution in [3.63, 3.8) is 0 Å². The Morgan fingerprint density at radius 1 is 0.935 bits per heavy atom. The van der Waals surface area contributed by atoms with Crippen molar-refractivity contribution in [3.8, 4) is 26.8 Å². The predicted octanol–water partition coefficient (Wildman–Crippen LogP) is 6.30. The molecule has 1 N–H and O–H groups in total. The summed E-state index contributed by atoms with van der Waals surface area (Å²) >= 11 is 1.70. The standard InChI is InChI=1S/C26H26N2O2S/c1-17(2)30-23-10-5-4-9-21(23)24-11-12-25(31-24)22-13-14-27-26(28-22)16-19-7-6-8-20(15-19)18(3)29/h4-15,17-18,29H,16H2,1-3H3. The first kappa shape index (κ1) is 21.2. The van der Waals surface area contributed by atoms with Gasteiger partial charge >= 0.3 is 0 Å². The Balaban J connectivity index is 1.59. The molecule has 2 aromatic heterocycles. The summed E-state index contributed by atoms with van der Waals surface area (Å²) in [6, 6.07) is 22.2. The molecule has 1 atom stereocenters. The number of thiophene rings is 1. The zero-order valence-corrected chi connectivity index (χ0v) is 18.8. The van der Waals surface area contributed by atoms with Crippen LogP contribution in [0.2, 0.25) is 0 Å². The van der Waals surface area contributed by atoms with E-state index in [-0.39, 0.29) is 6.10 Å². The van der Waals surface area contributed by atoms with Gasteiger partial charge in [-0.25, -0.2) is 9.97 Å². The largest absolute Gasteiger partial charge is 0.490 e. The van der Waals surface area contributed by atoms with Crippen LogP contribution in [0.4, 0.5) is 0 Å². The van der Waals surface area contributed by atoms with E-state index < -0.39 is 6.10 Å². The Labute approximate surface area is 187 Å². The smallest absolute Gasteiger partial charge is 0.133 e. The lowest BCUT2D eigenvalue weighted by atomic mass is 10.0. The van der Waals surface area contributed by atoms with E-state index in [0.29, 0.717) is 6.42 Å². The van der Waals surface area contributed by atoms with Gasteiger partial charge in [0.2, 0.25) is 0 Å². The first-order chi connectivity index (χ1) is 15.0. The van der Waals surface area contributed by atoms with Crippen LogP contribution in [-0.4, -0.2) is 21.2 Å². The van der Waals surface area contributed by atoms with Gasteiger partial charge in [0.1, 0.15) is 11.6 Å². The molecule has 31 heavy (non-hydrogen) atoms. The highest BCUT2D eigenvalue weighted by Crippen LogP contribution is 2.38. The number of benzene rings is 2. The van der Waals surface area contributed by atoms with Gasteiger partial charge in [-0.3, -0.25) is 0 Å². The summed E-state index contributed by atoms with van der Waals surface area (Å²) in [6.07, 6.45) is 2.07. The molecule has 4 rings (SSSR count). The number of hydrogen-bond acceptors (Lipinski definition) is 5. The first-order valence-corrected chi connectivity index (χ1v) is 11.3. The molecule has 2 heterocycles. The van der Waals surface area contributed by atoms with E-state index in [4.69, 9.17) is 9.72 Å². The number of aliphatic hydroxyl groups is 1. The molecule has 0 radical (unpaired) electrons. The van der Waals surface area contributed by atoms with E-state index >= 15 is 0 Å². The van der Waals surface area contributed by atoms with Crippen molar-refractivity contribution in [1.82, 2.24) is 9.97 Å². The van der Waals surface area contributed by atoms with Gasteiger partial charge in [0.15, 0.2) is 0 Å². The maximum absolute atomic E-state index is 9.83. The third-order valence-electron chi connectivity index (χ3n) is 4.87. The topological polar surface area (TPSA) is 55.2 Å². The van der Waals surface area contributed by atoms with Crippen LogP contribution in [0, 0.1) is 0 Å². The summed E-state index contributed by atoms with van der Waals surface area (Å²) in [5.74, 6) is 1.66. The van der Waals surface area contributed by atoms with Gasteiger partial charge in [-0.05, 0) is 62.2 Å². The lowest BCUT2D eigenvalue weighted by Gasteiger charge is -2.13. The second kappa shape index (κ2) is 9.41. The van der Waals surface area contributed by atoms with Gasteiger partial charge in [-0.1, -0.05) is 36.4 Å². The van der Waals surface area contributed by atoms with Crippen molar-refractivity contribution in [2.75, 3.05) is 0 Å². The van der Waals surface area contributed by atoms with Gasteiger partial charge in [-0.2, -0.15) is 0 Å². The van der Waals surface area contributed by atoms with Gasteiger partial charge in [-0.15, -0.1) is 11.3 Å². The van der Waals surface area contributed by atoms with E-state index in [2.05, 4.69) is 23.2 Å². The van der Waals surface area contributed by atoms with E-state index in [1.807, 2.05) is 68.6 Å². The molecular formula is C26H26N2O2S.